The second-order valence-electron chi connectivity index (χ2n) is 4.85. The van der Waals surface area contributed by atoms with Crippen LogP contribution in [0.25, 0.3) is 0 Å². The fourth-order valence-electron chi connectivity index (χ4n) is 1.76. The number of ether oxygens (including phenoxy) is 1. The van der Waals surface area contributed by atoms with Crippen LogP contribution in [0.3, 0.4) is 0 Å². The molecule has 0 aliphatic carbocycles. The molecule has 0 saturated heterocycles. The first-order valence-electron chi connectivity index (χ1n) is 6.23. The lowest BCUT2D eigenvalue weighted by atomic mass is 10.0. The smallest absolute Gasteiger partial charge is 0.390 e. The molecule has 0 fully saturated rings. The zero-order valence-electron chi connectivity index (χ0n) is 11.9. The summed E-state index contributed by atoms with van der Waals surface area (Å²) in [5.74, 6) is -0.472. The van der Waals surface area contributed by atoms with E-state index in [1.165, 1.54) is 12.0 Å². The average molecular weight is 284 g/mol. The Hall–Kier alpha value is -0.820. The molecule has 1 N–H and O–H groups in total. The Morgan fingerprint density at radius 2 is 1.95 bits per heavy atom. The van der Waals surface area contributed by atoms with Crippen LogP contribution < -0.4 is 5.32 Å². The number of halogens is 3. The molecular weight excluding hydrogens is 261 g/mol. The normalized spacial score (nSPS) is 15.4. The van der Waals surface area contributed by atoms with E-state index < -0.39 is 24.1 Å². The van der Waals surface area contributed by atoms with Crippen LogP contribution in [-0.4, -0.2) is 56.4 Å². The maximum absolute atomic E-state index is 12.1. The number of carbonyl (C=O) groups is 1. The van der Waals surface area contributed by atoms with E-state index in [-0.39, 0.29) is 13.1 Å². The van der Waals surface area contributed by atoms with Crippen molar-refractivity contribution < 1.29 is 22.7 Å². The Balaban J connectivity index is 4.50. The minimum atomic E-state index is -4.19. The van der Waals surface area contributed by atoms with Crippen molar-refractivity contribution in [3.8, 4) is 0 Å². The molecule has 0 aliphatic rings. The van der Waals surface area contributed by atoms with Gasteiger partial charge in [-0.2, -0.15) is 13.2 Å². The van der Waals surface area contributed by atoms with Crippen LogP contribution in [0.1, 0.15) is 26.7 Å². The van der Waals surface area contributed by atoms with Crippen LogP contribution in [0, 0.1) is 0 Å². The largest absolute Gasteiger partial charge is 0.468 e. The van der Waals surface area contributed by atoms with Crippen molar-refractivity contribution in [2.24, 2.45) is 0 Å². The van der Waals surface area contributed by atoms with Gasteiger partial charge in [-0.05, 0) is 26.9 Å². The van der Waals surface area contributed by atoms with E-state index in [4.69, 9.17) is 4.74 Å². The number of esters is 1. The number of nitrogens with one attached hydrogen (secondary N) is 1. The molecule has 4 nitrogen and oxygen atoms in total. The maximum Gasteiger partial charge on any atom is 0.390 e. The number of alkyl halides is 3. The van der Waals surface area contributed by atoms with Crippen LogP contribution in [0.4, 0.5) is 13.2 Å². The first kappa shape index (κ1) is 18.2. The van der Waals surface area contributed by atoms with Crippen molar-refractivity contribution in [2.75, 3.05) is 33.8 Å². The number of nitrogens with zero attached hydrogens (tertiary/aromatic N) is 1. The zero-order valence-corrected chi connectivity index (χ0v) is 11.9. The first-order valence-corrected chi connectivity index (χ1v) is 6.23. The summed E-state index contributed by atoms with van der Waals surface area (Å²) in [4.78, 5) is 13.2. The fourth-order valence-corrected chi connectivity index (χ4v) is 1.76. The molecular formula is C12H23F3N2O2. The van der Waals surface area contributed by atoms with E-state index in [2.05, 4.69) is 5.32 Å². The minimum Gasteiger partial charge on any atom is -0.468 e. The van der Waals surface area contributed by atoms with Gasteiger partial charge in [-0.25, -0.2) is 0 Å². The summed E-state index contributed by atoms with van der Waals surface area (Å²) in [6.45, 7) is 4.19. The Labute approximate surface area is 112 Å². The van der Waals surface area contributed by atoms with Crippen molar-refractivity contribution in [1.82, 2.24) is 10.2 Å². The molecule has 0 heterocycles. The minimum absolute atomic E-state index is 0.149. The van der Waals surface area contributed by atoms with Gasteiger partial charge in [0.1, 0.15) is 5.54 Å². The van der Waals surface area contributed by atoms with E-state index >= 15 is 0 Å². The zero-order chi connectivity index (χ0) is 15.1. The summed E-state index contributed by atoms with van der Waals surface area (Å²) in [6, 6.07) is 0. The molecule has 0 amide bonds. The van der Waals surface area contributed by atoms with Crippen molar-refractivity contribution in [2.45, 2.75) is 38.4 Å². The lowest BCUT2D eigenvalue weighted by molar-refractivity contribution is -0.149. The van der Waals surface area contributed by atoms with Gasteiger partial charge in [0.25, 0.3) is 0 Å². The number of likely N-dealkylation sites (N-methyl/N-ethyl adjacent to an activating group) is 1. The number of hydrogen-bond donors (Lipinski definition) is 1. The second kappa shape index (κ2) is 7.69. The molecule has 1 unspecified atom stereocenters. The molecule has 1 atom stereocenters. The van der Waals surface area contributed by atoms with Gasteiger partial charge in [-0.3, -0.25) is 4.79 Å². The standard InChI is InChI=1S/C12H23F3N2O2/c1-5-7-16-11(2,10(18)19-4)9-17(3)8-6-12(13,14)15/h16H,5-9H2,1-4H3. The van der Waals surface area contributed by atoms with Crippen LogP contribution in [0.5, 0.6) is 0 Å². The second-order valence-corrected chi connectivity index (χ2v) is 4.85. The molecule has 0 bridgehead atoms. The Morgan fingerprint density at radius 3 is 2.37 bits per heavy atom. The highest BCUT2D eigenvalue weighted by Gasteiger charge is 2.36. The first-order chi connectivity index (χ1) is 8.64. The molecule has 7 heteroatoms. The summed E-state index contributed by atoms with van der Waals surface area (Å²) >= 11 is 0. The molecule has 0 aromatic heterocycles. The number of hydrogen-bond acceptors (Lipinski definition) is 4. The van der Waals surface area contributed by atoms with E-state index in [0.29, 0.717) is 6.54 Å². The van der Waals surface area contributed by atoms with Crippen LogP contribution in [0.2, 0.25) is 0 Å². The number of carbonyl (C=O) groups excluding carboxylic acids is 1. The Bertz CT molecular complexity index is 285. The summed E-state index contributed by atoms with van der Waals surface area (Å²) in [6.07, 6.45) is -4.26. The predicted octanol–water partition coefficient (Wildman–Crippen LogP) is 1.80. The van der Waals surface area contributed by atoms with Gasteiger partial charge in [0, 0.05) is 13.1 Å². The Kier molecular flexibility index (Phi) is 7.36. The summed E-state index contributed by atoms with van der Waals surface area (Å²) in [5, 5.41) is 3.03. The molecule has 114 valence electrons. The van der Waals surface area contributed by atoms with Gasteiger partial charge >= 0.3 is 12.1 Å². The van der Waals surface area contributed by atoms with Gasteiger partial charge in [0.05, 0.1) is 13.5 Å². The van der Waals surface area contributed by atoms with E-state index in [9.17, 15) is 18.0 Å². The van der Waals surface area contributed by atoms with E-state index in [1.54, 1.807) is 14.0 Å². The van der Waals surface area contributed by atoms with Crippen molar-refractivity contribution in [1.29, 1.82) is 0 Å². The molecule has 19 heavy (non-hydrogen) atoms. The monoisotopic (exact) mass is 284 g/mol. The highest BCUT2D eigenvalue weighted by Crippen LogP contribution is 2.20. The summed E-state index contributed by atoms with van der Waals surface area (Å²) < 4.78 is 41.1. The quantitative estimate of drug-likeness (QED) is 0.690. The van der Waals surface area contributed by atoms with Crippen LogP contribution in [0.15, 0.2) is 0 Å². The Morgan fingerprint density at radius 1 is 1.37 bits per heavy atom. The topological polar surface area (TPSA) is 41.6 Å². The van der Waals surface area contributed by atoms with Gasteiger partial charge in [-0.1, -0.05) is 6.92 Å². The highest BCUT2D eigenvalue weighted by molar-refractivity contribution is 5.80. The van der Waals surface area contributed by atoms with Crippen molar-refractivity contribution in [3.05, 3.63) is 0 Å². The third kappa shape index (κ3) is 7.37. The van der Waals surface area contributed by atoms with Crippen LogP contribution in [-0.2, 0) is 9.53 Å². The maximum atomic E-state index is 12.1. The lowest BCUT2D eigenvalue weighted by Crippen LogP contribution is -2.57. The third-order valence-electron chi connectivity index (χ3n) is 2.76. The molecule has 0 aromatic rings. The SMILES string of the molecule is CCCNC(C)(CN(C)CCC(F)(F)F)C(=O)OC. The average Bonchev–Trinajstić information content (AvgIpc) is 2.32. The molecule has 0 aliphatic heterocycles. The van der Waals surface area contributed by atoms with Gasteiger partial charge in [0.15, 0.2) is 0 Å². The van der Waals surface area contributed by atoms with Crippen molar-refractivity contribution in [3.63, 3.8) is 0 Å². The van der Waals surface area contributed by atoms with Gasteiger partial charge in [-0.15, -0.1) is 0 Å². The molecule has 0 radical (unpaired) electrons. The predicted molar refractivity (Wildman–Crippen MR) is 66.9 cm³/mol. The molecule has 0 spiro atoms. The summed E-state index contributed by atoms with van der Waals surface area (Å²) in [5.41, 5.74) is -0.995. The summed E-state index contributed by atoms with van der Waals surface area (Å²) in [7, 11) is 2.82. The molecule has 0 aromatic carbocycles. The lowest BCUT2D eigenvalue weighted by Gasteiger charge is -2.32. The third-order valence-corrected chi connectivity index (χ3v) is 2.76. The fraction of sp³-hybridized carbons (Fsp3) is 0.917. The van der Waals surface area contributed by atoms with Crippen LogP contribution >= 0.6 is 0 Å². The molecule has 0 rings (SSSR count). The number of methoxy groups -OCH3 is 1. The number of rotatable bonds is 8. The van der Waals surface area contributed by atoms with Gasteiger partial charge < -0.3 is 15.0 Å². The van der Waals surface area contributed by atoms with Gasteiger partial charge in [0.2, 0.25) is 0 Å². The van der Waals surface area contributed by atoms with E-state index in [0.717, 1.165) is 6.42 Å². The van der Waals surface area contributed by atoms with Crippen molar-refractivity contribution >= 4 is 5.97 Å². The highest BCUT2D eigenvalue weighted by atomic mass is 19.4. The molecule has 0 saturated carbocycles. The van der Waals surface area contributed by atoms with E-state index in [1.807, 2.05) is 6.92 Å².